The molecular weight excluding hydrogens is 756 g/mol. The third-order valence-electron chi connectivity index (χ3n) is 12.4. The van der Waals surface area contributed by atoms with Gasteiger partial charge in [0.2, 0.25) is 11.8 Å². The number of piperidine rings is 1. The molecule has 0 radical (unpaired) electrons. The van der Waals surface area contributed by atoms with Crippen LogP contribution in [0.1, 0.15) is 52.0 Å². The van der Waals surface area contributed by atoms with Crippen molar-refractivity contribution in [2.75, 3.05) is 54.4 Å². The zero-order valence-electron chi connectivity index (χ0n) is 32.0. The number of hydrogen-bond acceptors (Lipinski definition) is 12. The summed E-state index contributed by atoms with van der Waals surface area (Å²) in [4.78, 5) is 50.0. The number of hydrogen-bond donors (Lipinski definition) is 3. The molecule has 9 rings (SSSR count). The van der Waals surface area contributed by atoms with Crippen LogP contribution in [-0.2, 0) is 22.7 Å². The number of carbonyl (C=O) groups is 3. The Morgan fingerprint density at radius 3 is 2.60 bits per heavy atom. The first-order valence-corrected chi connectivity index (χ1v) is 19.4. The number of anilines is 3. The summed E-state index contributed by atoms with van der Waals surface area (Å²) in [6, 6.07) is 10.8. The van der Waals surface area contributed by atoms with Crippen LogP contribution in [0.2, 0.25) is 0 Å². The predicted molar refractivity (Wildman–Crippen MR) is 206 cm³/mol. The number of carbonyl (C=O) groups excluding carboxylic acids is 3. The number of alkyl halides is 2. The van der Waals surface area contributed by atoms with Gasteiger partial charge in [0.15, 0.2) is 17.4 Å². The number of benzene rings is 2. The number of nitrogens with zero attached hydrogens (tertiary/aromatic N) is 7. The maximum absolute atomic E-state index is 15.0. The number of amides is 3. The summed E-state index contributed by atoms with van der Waals surface area (Å²) in [7, 11) is 0. The highest BCUT2D eigenvalue weighted by atomic mass is 19.3. The van der Waals surface area contributed by atoms with Crippen LogP contribution in [0.3, 0.4) is 0 Å². The SMILES string of the molecule is Cc1c(OC2CN3c4cc(-c5cccc(F)c5O)nnc4NC[C@]3(C(F)F)C2)cnc(CN2CCN(c3ccc4c(c3)C(=O)N([C@H]3CCC(=O)NC3=O)C4)CC2)c1C. The molecule has 1 unspecified atom stereocenters. The average Bonchev–Trinajstić information content (AvgIpc) is 3.77. The van der Waals surface area contributed by atoms with Crippen LogP contribution in [-0.4, -0.2) is 111 Å². The zero-order valence-corrected chi connectivity index (χ0v) is 32.0. The highest BCUT2D eigenvalue weighted by Crippen LogP contribution is 2.47. The number of pyridine rings is 1. The first kappa shape index (κ1) is 37.6. The number of halogens is 3. The molecule has 5 aliphatic heterocycles. The van der Waals surface area contributed by atoms with E-state index < -0.39 is 41.6 Å². The Balaban J connectivity index is 0.844. The van der Waals surface area contributed by atoms with Gasteiger partial charge in [0, 0.05) is 75.5 Å². The Hall–Kier alpha value is -5.97. The van der Waals surface area contributed by atoms with E-state index in [1.54, 1.807) is 22.1 Å². The summed E-state index contributed by atoms with van der Waals surface area (Å²) >= 11 is 0. The van der Waals surface area contributed by atoms with Gasteiger partial charge in [-0.3, -0.25) is 29.6 Å². The predicted octanol–water partition coefficient (Wildman–Crippen LogP) is 4.17. The normalized spacial score (nSPS) is 23.1. The Labute approximate surface area is 332 Å². The first-order chi connectivity index (χ1) is 27.9. The van der Waals surface area contributed by atoms with E-state index in [0.717, 1.165) is 60.3 Å². The highest BCUT2D eigenvalue weighted by Gasteiger charge is 2.56. The number of phenolic OH excluding ortho intramolecular Hbond substituents is 1. The minimum atomic E-state index is -2.73. The number of ether oxygens (including phenoxy) is 1. The third-order valence-corrected chi connectivity index (χ3v) is 12.4. The fourth-order valence-electron chi connectivity index (χ4n) is 8.93. The lowest BCUT2D eigenvalue weighted by molar-refractivity contribution is -0.136. The maximum Gasteiger partial charge on any atom is 0.263 e. The smallest absolute Gasteiger partial charge is 0.263 e. The molecule has 2 aromatic carbocycles. The summed E-state index contributed by atoms with van der Waals surface area (Å²) in [5.41, 5.74) is 4.17. The van der Waals surface area contributed by atoms with Crippen molar-refractivity contribution in [2.24, 2.45) is 0 Å². The maximum atomic E-state index is 15.0. The Morgan fingerprint density at radius 2 is 1.83 bits per heavy atom. The van der Waals surface area contributed by atoms with Gasteiger partial charge in [0.1, 0.15) is 23.4 Å². The van der Waals surface area contributed by atoms with Gasteiger partial charge < -0.3 is 29.9 Å². The van der Waals surface area contributed by atoms with Gasteiger partial charge in [-0.1, -0.05) is 12.1 Å². The van der Waals surface area contributed by atoms with Gasteiger partial charge in [-0.05, 0) is 67.3 Å². The molecule has 7 heterocycles. The lowest BCUT2D eigenvalue weighted by Gasteiger charge is -2.43. The number of aromatic hydroxyl groups is 1. The molecule has 0 aliphatic carbocycles. The monoisotopic (exact) mass is 797 g/mol. The summed E-state index contributed by atoms with van der Waals surface area (Å²) in [5.74, 6) is -1.51. The molecule has 302 valence electrons. The van der Waals surface area contributed by atoms with Crippen LogP contribution in [0.15, 0.2) is 48.7 Å². The minimum absolute atomic E-state index is 0.0287. The van der Waals surface area contributed by atoms with Crippen LogP contribution in [0.4, 0.5) is 30.4 Å². The van der Waals surface area contributed by atoms with Gasteiger partial charge in [-0.15, -0.1) is 10.2 Å². The van der Waals surface area contributed by atoms with Crippen molar-refractivity contribution in [1.82, 2.24) is 30.3 Å². The molecule has 3 saturated heterocycles. The second kappa shape index (κ2) is 14.4. The summed E-state index contributed by atoms with van der Waals surface area (Å²) in [6.07, 6.45) is -1.10. The van der Waals surface area contributed by atoms with Crippen molar-refractivity contribution in [3.63, 3.8) is 0 Å². The van der Waals surface area contributed by atoms with Crippen LogP contribution in [0.25, 0.3) is 11.3 Å². The van der Waals surface area contributed by atoms with E-state index in [1.807, 2.05) is 32.0 Å². The Bertz CT molecular complexity index is 2340. The standard InChI is InChI=1S/C41H42F3N9O5/c1-22-23(2)34(58-26-16-41(40(43)44)21-46-37-33(53(41)19-26)15-30(48-49-37)27-4-3-5-29(42)36(27)55)17-45-31(22)20-50-10-12-51(13-11-50)25-7-6-24-18-52(39(57)28(24)14-25)32-8-9-35(54)47-38(32)56/h3-7,14-15,17,26,32,40,55H,8-13,16,18-21H2,1-2H3,(H,46,49)(H,47,54,56)/t26?,32-,41-/m0/s1. The number of piperazine rings is 1. The molecule has 0 spiro atoms. The van der Waals surface area contributed by atoms with E-state index in [-0.39, 0.29) is 49.0 Å². The van der Waals surface area contributed by atoms with Gasteiger partial charge >= 0.3 is 0 Å². The third kappa shape index (κ3) is 6.41. The lowest BCUT2D eigenvalue weighted by atomic mass is 9.93. The highest BCUT2D eigenvalue weighted by molar-refractivity contribution is 6.05. The van der Waals surface area contributed by atoms with E-state index in [2.05, 4.69) is 30.6 Å². The zero-order chi connectivity index (χ0) is 40.5. The Morgan fingerprint density at radius 1 is 1.02 bits per heavy atom. The van der Waals surface area contributed by atoms with Crippen LogP contribution in [0, 0.1) is 19.7 Å². The first-order valence-electron chi connectivity index (χ1n) is 19.4. The molecule has 3 fully saturated rings. The van der Waals surface area contributed by atoms with Crippen LogP contribution in [0.5, 0.6) is 11.5 Å². The second-order valence-corrected chi connectivity index (χ2v) is 15.7. The van der Waals surface area contributed by atoms with Crippen molar-refractivity contribution in [3.8, 4) is 22.8 Å². The fraction of sp³-hybridized carbons (Fsp3) is 0.415. The topological polar surface area (TPSA) is 156 Å². The summed E-state index contributed by atoms with van der Waals surface area (Å²) in [6.45, 7) is 7.95. The molecule has 3 atom stereocenters. The number of aromatic nitrogens is 3. The molecule has 3 amide bonds. The van der Waals surface area contributed by atoms with E-state index in [9.17, 15) is 23.9 Å². The fourth-order valence-corrected chi connectivity index (χ4v) is 8.93. The minimum Gasteiger partial charge on any atom is -0.504 e. The number of imide groups is 1. The van der Waals surface area contributed by atoms with E-state index in [4.69, 9.17) is 9.72 Å². The average molecular weight is 798 g/mol. The van der Waals surface area contributed by atoms with Crippen molar-refractivity contribution < 1.29 is 37.4 Å². The molecule has 4 aromatic rings. The molecule has 0 bridgehead atoms. The number of phenols is 1. The van der Waals surface area contributed by atoms with Gasteiger partial charge in [-0.25, -0.2) is 13.2 Å². The van der Waals surface area contributed by atoms with Gasteiger partial charge in [-0.2, -0.15) is 0 Å². The summed E-state index contributed by atoms with van der Waals surface area (Å²) < 4.78 is 50.6. The summed E-state index contributed by atoms with van der Waals surface area (Å²) in [5, 5.41) is 24.0. The Kier molecular flexibility index (Phi) is 9.36. The molecule has 2 aromatic heterocycles. The van der Waals surface area contributed by atoms with Crippen molar-refractivity contribution in [3.05, 3.63) is 82.4 Å². The molecule has 14 nitrogen and oxygen atoms in total. The van der Waals surface area contributed by atoms with Crippen molar-refractivity contribution in [1.29, 1.82) is 0 Å². The molecular formula is C41H42F3N9O5. The van der Waals surface area contributed by atoms with Crippen LogP contribution < -0.4 is 25.2 Å². The van der Waals surface area contributed by atoms with Gasteiger partial charge in [0.05, 0.1) is 29.8 Å². The van der Waals surface area contributed by atoms with Crippen molar-refractivity contribution in [2.45, 2.75) is 70.3 Å². The van der Waals surface area contributed by atoms with E-state index >= 15 is 8.78 Å². The second-order valence-electron chi connectivity index (χ2n) is 15.7. The molecule has 3 N–H and O–H groups in total. The molecule has 5 aliphatic rings. The molecule has 58 heavy (non-hydrogen) atoms. The quantitative estimate of drug-likeness (QED) is 0.219. The van der Waals surface area contributed by atoms with Crippen molar-refractivity contribution >= 4 is 34.9 Å². The van der Waals surface area contributed by atoms with Gasteiger partial charge in [0.25, 0.3) is 12.3 Å². The number of para-hydroxylation sites is 1. The number of fused-ring (bicyclic) bond motifs is 4. The largest absolute Gasteiger partial charge is 0.504 e. The van der Waals surface area contributed by atoms with E-state index in [1.165, 1.54) is 12.1 Å². The lowest BCUT2D eigenvalue weighted by Crippen LogP contribution is -2.57. The van der Waals surface area contributed by atoms with Crippen LogP contribution >= 0.6 is 0 Å². The molecule has 0 saturated carbocycles. The molecule has 17 heteroatoms. The number of rotatable bonds is 8. The number of nitrogens with one attached hydrogen (secondary N) is 2. The van der Waals surface area contributed by atoms with E-state index in [0.29, 0.717) is 42.3 Å².